The molecule has 234 valence electrons. The van der Waals surface area contributed by atoms with Gasteiger partial charge in [0.05, 0.1) is 17.1 Å². The Morgan fingerprint density at radius 2 is 1.14 bits per heavy atom. The van der Waals surface area contributed by atoms with Crippen LogP contribution in [-0.2, 0) is 14.4 Å². The Morgan fingerprint density at radius 3 is 1.57 bits per heavy atom. The van der Waals surface area contributed by atoms with Gasteiger partial charge < -0.3 is 16.0 Å². The molecule has 42 heavy (non-hydrogen) atoms. The van der Waals surface area contributed by atoms with Crippen molar-refractivity contribution in [3.63, 3.8) is 0 Å². The molecule has 0 aromatic heterocycles. The second-order valence-electron chi connectivity index (χ2n) is 13.8. The van der Waals surface area contributed by atoms with Crippen molar-refractivity contribution in [1.82, 2.24) is 0 Å². The molecule has 3 N–H and O–H groups in total. The molecule has 6 heteroatoms. The summed E-state index contributed by atoms with van der Waals surface area (Å²) in [6.07, 6.45) is 19.8. The largest absolute Gasteiger partial charge is 0.324 e. The molecule has 0 heterocycles. The van der Waals surface area contributed by atoms with Crippen molar-refractivity contribution in [2.24, 2.45) is 29.1 Å². The zero-order chi connectivity index (χ0) is 30.0. The number of rotatable bonds is 12. The van der Waals surface area contributed by atoms with Gasteiger partial charge in [-0.3, -0.25) is 14.4 Å². The summed E-state index contributed by atoms with van der Waals surface area (Å²) in [4.78, 5) is 41.0. The Bertz CT molecular complexity index is 968. The van der Waals surface area contributed by atoms with Crippen LogP contribution in [0, 0.1) is 29.1 Å². The highest BCUT2D eigenvalue weighted by Gasteiger charge is 2.39. The summed E-state index contributed by atoms with van der Waals surface area (Å²) in [5.74, 6) is 1.52. The van der Waals surface area contributed by atoms with E-state index in [0.717, 1.165) is 102 Å². The molecular formula is C36H57N3O3. The summed E-state index contributed by atoms with van der Waals surface area (Å²) in [5, 5.41) is 9.65. The summed E-state index contributed by atoms with van der Waals surface area (Å²) in [6.45, 7) is 6.61. The van der Waals surface area contributed by atoms with Gasteiger partial charge in [0.1, 0.15) is 0 Å². The summed E-state index contributed by atoms with van der Waals surface area (Å²) < 4.78 is 0. The molecule has 3 aliphatic rings. The number of benzene rings is 1. The van der Waals surface area contributed by atoms with Gasteiger partial charge in [0.15, 0.2) is 0 Å². The Morgan fingerprint density at radius 1 is 0.667 bits per heavy atom. The van der Waals surface area contributed by atoms with Crippen LogP contribution in [0.4, 0.5) is 17.1 Å². The Balaban J connectivity index is 1.54. The second kappa shape index (κ2) is 15.9. The second-order valence-corrected chi connectivity index (χ2v) is 13.8. The molecule has 3 aliphatic carbocycles. The molecule has 0 saturated heterocycles. The number of para-hydroxylation sites is 1. The van der Waals surface area contributed by atoms with Crippen LogP contribution in [0.3, 0.4) is 0 Å². The van der Waals surface area contributed by atoms with Crippen LogP contribution < -0.4 is 16.0 Å². The van der Waals surface area contributed by atoms with Crippen molar-refractivity contribution in [2.75, 3.05) is 16.0 Å². The van der Waals surface area contributed by atoms with Gasteiger partial charge in [0.2, 0.25) is 17.7 Å². The quantitative estimate of drug-likeness (QED) is 0.230. The van der Waals surface area contributed by atoms with Crippen LogP contribution in [0.2, 0.25) is 0 Å². The topological polar surface area (TPSA) is 87.3 Å². The highest BCUT2D eigenvalue weighted by atomic mass is 16.2. The van der Waals surface area contributed by atoms with Gasteiger partial charge in [-0.25, -0.2) is 0 Å². The maximum Gasteiger partial charge on any atom is 0.230 e. The van der Waals surface area contributed by atoms with Crippen molar-refractivity contribution in [3.8, 4) is 0 Å². The Labute approximate surface area is 254 Å². The van der Waals surface area contributed by atoms with Crippen LogP contribution in [0.1, 0.15) is 143 Å². The van der Waals surface area contributed by atoms with Gasteiger partial charge in [-0.05, 0) is 94.6 Å². The number of hydrogen-bond donors (Lipinski definition) is 3. The average Bonchev–Trinajstić information content (AvgIpc) is 3.00. The van der Waals surface area contributed by atoms with E-state index in [1.807, 2.05) is 18.2 Å². The molecule has 4 rings (SSSR count). The van der Waals surface area contributed by atoms with Crippen molar-refractivity contribution in [2.45, 2.75) is 143 Å². The maximum atomic E-state index is 14.0. The van der Waals surface area contributed by atoms with E-state index in [1.54, 1.807) is 0 Å². The molecule has 1 aromatic carbocycles. The lowest BCUT2D eigenvalue weighted by molar-refractivity contribution is -0.128. The zero-order valence-electron chi connectivity index (χ0n) is 26.7. The predicted molar refractivity (Wildman–Crippen MR) is 173 cm³/mol. The fourth-order valence-corrected chi connectivity index (χ4v) is 8.15. The van der Waals surface area contributed by atoms with Crippen molar-refractivity contribution in [3.05, 3.63) is 18.2 Å². The van der Waals surface area contributed by atoms with Gasteiger partial charge in [-0.1, -0.05) is 78.2 Å². The third-order valence-electron chi connectivity index (χ3n) is 10.7. The predicted octanol–water partition coefficient (Wildman–Crippen LogP) is 9.47. The van der Waals surface area contributed by atoms with E-state index in [-0.39, 0.29) is 35.0 Å². The van der Waals surface area contributed by atoms with Gasteiger partial charge in [-0.2, -0.15) is 0 Å². The molecule has 6 nitrogen and oxygen atoms in total. The molecule has 0 radical (unpaired) electrons. The summed E-state index contributed by atoms with van der Waals surface area (Å²) in [5.41, 5.74) is 1.34. The van der Waals surface area contributed by atoms with E-state index in [4.69, 9.17) is 0 Å². The first-order valence-electron chi connectivity index (χ1n) is 17.4. The van der Waals surface area contributed by atoms with E-state index in [0.29, 0.717) is 17.1 Å². The van der Waals surface area contributed by atoms with Crippen LogP contribution >= 0.6 is 0 Å². The normalized spacial score (nSPS) is 25.8. The number of carbonyl (C=O) groups is 3. The highest BCUT2D eigenvalue weighted by Crippen LogP contribution is 2.43. The molecule has 0 aliphatic heterocycles. The monoisotopic (exact) mass is 579 g/mol. The minimum atomic E-state index is -0.388. The number of amides is 3. The molecule has 3 saturated carbocycles. The molecule has 0 atom stereocenters. The lowest BCUT2D eigenvalue weighted by Crippen LogP contribution is -2.38. The zero-order valence-corrected chi connectivity index (χ0v) is 26.7. The van der Waals surface area contributed by atoms with Crippen LogP contribution in [0.15, 0.2) is 18.2 Å². The van der Waals surface area contributed by atoms with Crippen LogP contribution in [0.25, 0.3) is 0 Å². The third-order valence-corrected chi connectivity index (χ3v) is 10.7. The number of nitrogens with one attached hydrogen (secondary N) is 3. The summed E-state index contributed by atoms with van der Waals surface area (Å²) in [7, 11) is 0. The lowest BCUT2D eigenvalue weighted by Gasteiger charge is -2.36. The van der Waals surface area contributed by atoms with Crippen molar-refractivity contribution < 1.29 is 14.4 Å². The van der Waals surface area contributed by atoms with Crippen molar-refractivity contribution >= 4 is 34.8 Å². The Kier molecular flexibility index (Phi) is 12.3. The minimum Gasteiger partial charge on any atom is -0.324 e. The third kappa shape index (κ3) is 8.38. The number of hydrogen-bond acceptors (Lipinski definition) is 3. The van der Waals surface area contributed by atoms with E-state index in [1.165, 1.54) is 32.1 Å². The molecule has 3 fully saturated rings. The molecule has 0 unspecified atom stereocenters. The summed E-state index contributed by atoms with van der Waals surface area (Å²) >= 11 is 0. The number of anilines is 3. The number of carbonyl (C=O) groups excluding carboxylic acids is 3. The minimum absolute atomic E-state index is 0.0111. The SMILES string of the molecule is CCCC1CCC(C(=O)Nc2cccc(NC(=O)C3CCC(CCC)CC3)c2NC(=O)C2(CCC)CCCCC2)CC1. The highest BCUT2D eigenvalue weighted by molar-refractivity contribution is 6.08. The smallest absolute Gasteiger partial charge is 0.230 e. The van der Waals surface area contributed by atoms with Gasteiger partial charge in [-0.15, -0.1) is 0 Å². The Hall–Kier alpha value is -2.37. The lowest BCUT2D eigenvalue weighted by atomic mass is 9.70. The van der Waals surface area contributed by atoms with Gasteiger partial charge in [0, 0.05) is 17.3 Å². The first-order chi connectivity index (χ1) is 20.4. The first-order valence-corrected chi connectivity index (χ1v) is 17.4. The summed E-state index contributed by atoms with van der Waals surface area (Å²) in [6, 6.07) is 5.62. The van der Waals surface area contributed by atoms with E-state index < -0.39 is 0 Å². The molecule has 0 spiro atoms. The first kappa shape index (κ1) is 32.5. The van der Waals surface area contributed by atoms with Gasteiger partial charge in [0.25, 0.3) is 0 Å². The molecule has 0 bridgehead atoms. The standard InChI is InChI=1S/C36H57N3O3/c1-4-11-26-15-19-28(20-16-26)33(40)37-30-13-10-14-31(38-34(41)29-21-17-27(12-5-2)18-22-29)32(30)39-35(42)36(23-6-3)24-8-7-9-25-36/h10,13-14,26-29H,4-9,11-12,15-25H2,1-3H3,(H,37,40)(H,38,41)(H,39,42). The molecular weight excluding hydrogens is 522 g/mol. The fraction of sp³-hybridized carbons (Fsp3) is 0.750. The van der Waals surface area contributed by atoms with E-state index in [2.05, 4.69) is 36.7 Å². The maximum absolute atomic E-state index is 14.0. The average molecular weight is 580 g/mol. The fourth-order valence-electron chi connectivity index (χ4n) is 8.15. The van der Waals surface area contributed by atoms with Crippen molar-refractivity contribution in [1.29, 1.82) is 0 Å². The van der Waals surface area contributed by atoms with Crippen LogP contribution in [-0.4, -0.2) is 17.7 Å². The van der Waals surface area contributed by atoms with Crippen LogP contribution in [0.5, 0.6) is 0 Å². The van der Waals surface area contributed by atoms with E-state index >= 15 is 0 Å². The van der Waals surface area contributed by atoms with Gasteiger partial charge >= 0.3 is 0 Å². The van der Waals surface area contributed by atoms with E-state index in [9.17, 15) is 14.4 Å². The molecule has 1 aromatic rings. The molecule has 3 amide bonds.